The molecule has 7 nitrogen and oxygen atoms in total. The predicted molar refractivity (Wildman–Crippen MR) is 75.5 cm³/mol. The van der Waals surface area contributed by atoms with Crippen LogP contribution in [0.4, 0.5) is 10.8 Å². The smallest absolute Gasteiger partial charge is 0.258 e. The summed E-state index contributed by atoms with van der Waals surface area (Å²) < 4.78 is 26.5. The van der Waals surface area contributed by atoms with Crippen molar-refractivity contribution in [3.05, 3.63) is 45.0 Å². The number of hydrogen-bond acceptors (Lipinski definition) is 6. The lowest BCUT2D eigenvalue weighted by Crippen LogP contribution is -2.12. The van der Waals surface area contributed by atoms with E-state index in [-0.39, 0.29) is 15.7 Å². The van der Waals surface area contributed by atoms with E-state index in [1.807, 2.05) is 6.92 Å². The Morgan fingerprint density at radius 2 is 1.85 bits per heavy atom. The van der Waals surface area contributed by atoms with Crippen LogP contribution in [-0.4, -0.2) is 18.3 Å². The summed E-state index contributed by atoms with van der Waals surface area (Å²) in [5.41, 5.74) is 0.598. The number of aryl methyl sites for hydroxylation is 2. The van der Waals surface area contributed by atoms with E-state index >= 15 is 0 Å². The minimum Gasteiger partial charge on any atom is -0.258 e. The molecule has 0 aliphatic carbocycles. The van der Waals surface area contributed by atoms with Gasteiger partial charge in [-0.25, -0.2) is 13.4 Å². The normalized spacial score (nSPS) is 11.3. The fourth-order valence-corrected chi connectivity index (χ4v) is 3.49. The van der Waals surface area contributed by atoms with Crippen LogP contribution in [0.15, 0.2) is 29.2 Å². The number of nitrogens with one attached hydrogen (secondary N) is 1. The maximum atomic E-state index is 12.1. The van der Waals surface area contributed by atoms with Gasteiger partial charge >= 0.3 is 0 Å². The molecule has 0 saturated carbocycles. The van der Waals surface area contributed by atoms with Gasteiger partial charge in [-0.1, -0.05) is 0 Å². The third-order valence-corrected chi connectivity index (χ3v) is 5.08. The Morgan fingerprint density at radius 3 is 2.30 bits per heavy atom. The first-order chi connectivity index (χ1) is 9.29. The number of non-ortho nitro benzene ring substituents is 1. The van der Waals surface area contributed by atoms with Crippen molar-refractivity contribution in [2.45, 2.75) is 18.7 Å². The minimum absolute atomic E-state index is 0.0476. The van der Waals surface area contributed by atoms with Gasteiger partial charge in [-0.15, -0.1) is 11.3 Å². The standard InChI is InChI=1S/C11H11N3O4S2/c1-7-8(2)19-11(12-7)13-20(17,18)10-5-3-9(4-6-10)14(15)16/h3-6H,1-2H3,(H,12,13). The van der Waals surface area contributed by atoms with Crippen LogP contribution in [0.1, 0.15) is 10.6 Å². The third-order valence-electron chi connectivity index (χ3n) is 2.61. The van der Waals surface area contributed by atoms with Crippen molar-refractivity contribution < 1.29 is 13.3 Å². The molecule has 0 radical (unpaired) electrons. The predicted octanol–water partition coefficient (Wildman–Crippen LogP) is 2.47. The Hall–Kier alpha value is -2.00. The van der Waals surface area contributed by atoms with E-state index in [4.69, 9.17) is 0 Å². The molecule has 0 saturated heterocycles. The van der Waals surface area contributed by atoms with E-state index < -0.39 is 14.9 Å². The Morgan fingerprint density at radius 1 is 1.25 bits per heavy atom. The van der Waals surface area contributed by atoms with Crippen LogP contribution < -0.4 is 4.72 Å². The lowest BCUT2D eigenvalue weighted by molar-refractivity contribution is -0.384. The molecular weight excluding hydrogens is 302 g/mol. The first kappa shape index (κ1) is 14.4. The Balaban J connectivity index is 2.28. The fraction of sp³-hybridized carbons (Fsp3) is 0.182. The molecule has 0 spiro atoms. The molecular formula is C11H11N3O4S2. The Labute approximate surface area is 119 Å². The average molecular weight is 313 g/mol. The average Bonchev–Trinajstić information content (AvgIpc) is 2.67. The van der Waals surface area contributed by atoms with Gasteiger partial charge in [0.1, 0.15) is 0 Å². The van der Waals surface area contributed by atoms with Crippen molar-refractivity contribution in [2.24, 2.45) is 0 Å². The monoisotopic (exact) mass is 313 g/mol. The fourth-order valence-electron chi connectivity index (χ4n) is 1.44. The number of benzene rings is 1. The molecule has 0 fully saturated rings. The van der Waals surface area contributed by atoms with Crippen molar-refractivity contribution in [3.8, 4) is 0 Å². The molecule has 0 atom stereocenters. The highest BCUT2D eigenvalue weighted by Gasteiger charge is 2.18. The quantitative estimate of drug-likeness (QED) is 0.690. The van der Waals surface area contributed by atoms with E-state index in [9.17, 15) is 18.5 Å². The summed E-state index contributed by atoms with van der Waals surface area (Å²) in [7, 11) is -3.78. The van der Waals surface area contributed by atoms with Gasteiger partial charge in [-0.05, 0) is 26.0 Å². The molecule has 106 valence electrons. The zero-order valence-corrected chi connectivity index (χ0v) is 12.3. The summed E-state index contributed by atoms with van der Waals surface area (Å²) in [6.07, 6.45) is 0. The molecule has 1 aromatic heterocycles. The summed E-state index contributed by atoms with van der Waals surface area (Å²) >= 11 is 1.23. The first-order valence-corrected chi connectivity index (χ1v) is 7.81. The van der Waals surface area contributed by atoms with Gasteiger partial charge in [-0.2, -0.15) is 0 Å². The van der Waals surface area contributed by atoms with Crippen molar-refractivity contribution in [3.63, 3.8) is 0 Å². The maximum absolute atomic E-state index is 12.1. The molecule has 0 amide bonds. The van der Waals surface area contributed by atoms with Gasteiger partial charge in [-0.3, -0.25) is 14.8 Å². The highest BCUT2D eigenvalue weighted by Crippen LogP contribution is 2.24. The van der Waals surface area contributed by atoms with Crippen LogP contribution in [0.25, 0.3) is 0 Å². The van der Waals surface area contributed by atoms with Crippen molar-refractivity contribution in [1.29, 1.82) is 0 Å². The number of hydrogen-bond donors (Lipinski definition) is 1. The Bertz CT molecular complexity index is 731. The molecule has 0 unspecified atom stereocenters. The zero-order chi connectivity index (χ0) is 14.9. The van der Waals surface area contributed by atoms with Crippen LogP contribution >= 0.6 is 11.3 Å². The van der Waals surface area contributed by atoms with Gasteiger partial charge in [0, 0.05) is 17.0 Å². The van der Waals surface area contributed by atoms with Crippen LogP contribution in [0.2, 0.25) is 0 Å². The lowest BCUT2D eigenvalue weighted by atomic mass is 10.3. The summed E-state index contributed by atoms with van der Waals surface area (Å²) in [6.45, 7) is 3.63. The Kier molecular flexibility index (Phi) is 3.73. The van der Waals surface area contributed by atoms with E-state index in [2.05, 4.69) is 9.71 Å². The topological polar surface area (TPSA) is 102 Å². The first-order valence-electron chi connectivity index (χ1n) is 5.51. The number of nitro groups is 1. The number of nitro benzene ring substituents is 1. The molecule has 0 bridgehead atoms. The van der Waals surface area contributed by atoms with E-state index in [0.29, 0.717) is 0 Å². The number of sulfonamides is 1. The number of rotatable bonds is 4. The van der Waals surface area contributed by atoms with Gasteiger partial charge in [0.2, 0.25) is 0 Å². The molecule has 2 aromatic rings. The van der Waals surface area contributed by atoms with Crippen LogP contribution in [0.3, 0.4) is 0 Å². The van der Waals surface area contributed by atoms with E-state index in [0.717, 1.165) is 22.7 Å². The number of anilines is 1. The third kappa shape index (κ3) is 2.94. The molecule has 1 heterocycles. The van der Waals surface area contributed by atoms with E-state index in [1.165, 1.54) is 23.5 Å². The molecule has 9 heteroatoms. The van der Waals surface area contributed by atoms with Crippen LogP contribution in [0, 0.1) is 24.0 Å². The van der Waals surface area contributed by atoms with E-state index in [1.54, 1.807) is 6.92 Å². The second-order valence-electron chi connectivity index (χ2n) is 4.02. The number of nitrogens with zero attached hydrogens (tertiary/aromatic N) is 2. The van der Waals surface area contributed by atoms with Crippen LogP contribution in [-0.2, 0) is 10.0 Å². The van der Waals surface area contributed by atoms with Crippen LogP contribution in [0.5, 0.6) is 0 Å². The molecule has 0 aliphatic heterocycles. The molecule has 0 aliphatic rings. The maximum Gasteiger partial charge on any atom is 0.269 e. The van der Waals surface area contributed by atoms with Gasteiger partial charge in [0.15, 0.2) is 5.13 Å². The van der Waals surface area contributed by atoms with Crippen molar-refractivity contribution >= 4 is 32.2 Å². The molecule has 2 rings (SSSR count). The van der Waals surface area contributed by atoms with Gasteiger partial charge in [0.25, 0.3) is 15.7 Å². The largest absolute Gasteiger partial charge is 0.269 e. The summed E-state index contributed by atoms with van der Waals surface area (Å²) in [5, 5.41) is 10.8. The second kappa shape index (κ2) is 5.17. The summed E-state index contributed by atoms with van der Waals surface area (Å²) in [5.74, 6) is 0. The lowest BCUT2D eigenvalue weighted by Gasteiger charge is -2.04. The number of aromatic nitrogens is 1. The highest BCUT2D eigenvalue weighted by molar-refractivity contribution is 7.93. The van der Waals surface area contributed by atoms with Crippen molar-refractivity contribution in [2.75, 3.05) is 4.72 Å². The minimum atomic E-state index is -3.78. The summed E-state index contributed by atoms with van der Waals surface area (Å²) in [6, 6.07) is 4.67. The molecule has 1 aromatic carbocycles. The SMILES string of the molecule is Cc1nc(NS(=O)(=O)c2ccc([N+](=O)[O-])cc2)sc1C. The number of thiazole rings is 1. The molecule has 20 heavy (non-hydrogen) atoms. The van der Waals surface area contributed by atoms with Gasteiger partial charge < -0.3 is 0 Å². The zero-order valence-electron chi connectivity index (χ0n) is 10.7. The second-order valence-corrected chi connectivity index (χ2v) is 6.90. The van der Waals surface area contributed by atoms with Gasteiger partial charge in [0.05, 0.1) is 15.5 Å². The highest BCUT2D eigenvalue weighted by atomic mass is 32.2. The van der Waals surface area contributed by atoms with Crippen molar-refractivity contribution in [1.82, 2.24) is 4.98 Å². The molecule has 1 N–H and O–H groups in total. The summed E-state index contributed by atoms with van der Waals surface area (Å²) in [4.78, 5) is 14.9.